The van der Waals surface area contributed by atoms with Crippen LogP contribution in [0, 0.1) is 0 Å². The van der Waals surface area contributed by atoms with Crippen LogP contribution in [-0.2, 0) is 6.42 Å². The van der Waals surface area contributed by atoms with Crippen molar-refractivity contribution in [2.45, 2.75) is 33.1 Å². The predicted molar refractivity (Wildman–Crippen MR) is 98.9 cm³/mol. The highest BCUT2D eigenvalue weighted by Gasteiger charge is 2.08. The molecule has 128 valence electrons. The largest absolute Gasteiger partial charge is 0.492 e. The zero-order chi connectivity index (χ0) is 17.4. The number of ether oxygens (including phenoxy) is 1. The highest BCUT2D eigenvalue weighted by atomic mass is 16.5. The lowest BCUT2D eigenvalue weighted by Gasteiger charge is -2.14. The first-order valence-electron chi connectivity index (χ1n) is 8.45. The molecule has 0 heterocycles. The van der Waals surface area contributed by atoms with Crippen LogP contribution in [0.2, 0.25) is 0 Å². The summed E-state index contributed by atoms with van der Waals surface area (Å²) in [7, 11) is 0. The second-order valence-corrected chi connectivity index (χ2v) is 5.97. The number of carbonyl (C=O) groups excluding carboxylic acids is 1. The molecule has 0 spiro atoms. The van der Waals surface area contributed by atoms with Gasteiger partial charge in [0.1, 0.15) is 12.4 Å². The summed E-state index contributed by atoms with van der Waals surface area (Å²) in [6.07, 6.45) is 0.979. The van der Waals surface area contributed by atoms with E-state index < -0.39 is 0 Å². The highest BCUT2D eigenvalue weighted by Crippen LogP contribution is 2.23. The lowest BCUT2D eigenvalue weighted by molar-refractivity contribution is 0.247. The topological polar surface area (TPSA) is 50.4 Å². The molecule has 0 aliphatic rings. The van der Waals surface area contributed by atoms with Crippen molar-refractivity contribution in [3.8, 4) is 5.75 Å². The zero-order valence-corrected chi connectivity index (χ0v) is 14.6. The number of carbonyl (C=O) groups is 1. The average molecular weight is 326 g/mol. The molecule has 0 unspecified atom stereocenters. The number of amides is 2. The molecule has 2 aromatic rings. The molecule has 0 saturated carbocycles. The first kappa shape index (κ1) is 17.9. The molecule has 0 aliphatic heterocycles. The number of nitrogens with one attached hydrogen (secondary N) is 2. The molecule has 2 aromatic carbocycles. The van der Waals surface area contributed by atoms with Crippen molar-refractivity contribution in [3.63, 3.8) is 0 Å². The van der Waals surface area contributed by atoms with E-state index in [9.17, 15) is 4.79 Å². The van der Waals surface area contributed by atoms with Gasteiger partial charge in [0.25, 0.3) is 0 Å². The van der Waals surface area contributed by atoms with E-state index in [1.165, 1.54) is 5.56 Å². The van der Waals surface area contributed by atoms with Crippen LogP contribution in [0.4, 0.5) is 10.5 Å². The van der Waals surface area contributed by atoms with Crippen molar-refractivity contribution in [2.24, 2.45) is 0 Å². The van der Waals surface area contributed by atoms with Crippen molar-refractivity contribution >= 4 is 11.7 Å². The second-order valence-electron chi connectivity index (χ2n) is 5.97. The van der Waals surface area contributed by atoms with Crippen LogP contribution in [0.3, 0.4) is 0 Å². The minimum atomic E-state index is -0.214. The number of urea groups is 1. The molecular weight excluding hydrogens is 300 g/mol. The van der Waals surface area contributed by atoms with E-state index in [2.05, 4.69) is 37.5 Å². The zero-order valence-electron chi connectivity index (χ0n) is 14.6. The van der Waals surface area contributed by atoms with Crippen LogP contribution in [0.1, 0.15) is 37.8 Å². The van der Waals surface area contributed by atoms with Gasteiger partial charge in [-0.3, -0.25) is 0 Å². The van der Waals surface area contributed by atoms with Crippen LogP contribution in [0.5, 0.6) is 5.75 Å². The Kier molecular flexibility index (Phi) is 6.67. The van der Waals surface area contributed by atoms with E-state index in [4.69, 9.17) is 4.74 Å². The van der Waals surface area contributed by atoms with Crippen LogP contribution in [0.25, 0.3) is 0 Å². The molecule has 0 aliphatic carbocycles. The number of anilines is 1. The van der Waals surface area contributed by atoms with E-state index >= 15 is 0 Å². The third-order valence-electron chi connectivity index (χ3n) is 3.79. The standard InChI is InChI=1S/C20H26N2O2/c1-4-16-8-7-9-17(14-16)24-13-12-21-20(23)22-19-11-6-5-10-18(19)15(2)3/h5-11,14-15H,4,12-13H2,1-3H3,(H2,21,22,23). The van der Waals surface area contributed by atoms with Crippen molar-refractivity contribution in [2.75, 3.05) is 18.5 Å². The van der Waals surface area contributed by atoms with Gasteiger partial charge in [-0.2, -0.15) is 0 Å². The molecule has 2 amide bonds. The lowest BCUT2D eigenvalue weighted by Crippen LogP contribution is -2.32. The summed E-state index contributed by atoms with van der Waals surface area (Å²) >= 11 is 0. The average Bonchev–Trinajstić information content (AvgIpc) is 2.59. The molecule has 2 rings (SSSR count). The van der Waals surface area contributed by atoms with Crippen molar-refractivity contribution in [1.29, 1.82) is 0 Å². The quantitative estimate of drug-likeness (QED) is 0.732. The monoisotopic (exact) mass is 326 g/mol. The van der Waals surface area contributed by atoms with Crippen molar-refractivity contribution in [3.05, 3.63) is 59.7 Å². The molecule has 24 heavy (non-hydrogen) atoms. The molecule has 4 heteroatoms. The van der Waals surface area contributed by atoms with E-state index in [1.807, 2.05) is 42.5 Å². The summed E-state index contributed by atoms with van der Waals surface area (Å²) in [4.78, 5) is 12.0. The Bertz CT molecular complexity index is 668. The Morgan fingerprint density at radius 2 is 1.92 bits per heavy atom. The fourth-order valence-corrected chi connectivity index (χ4v) is 2.47. The Morgan fingerprint density at radius 1 is 1.12 bits per heavy atom. The minimum absolute atomic E-state index is 0.214. The summed E-state index contributed by atoms with van der Waals surface area (Å²) in [5.41, 5.74) is 3.21. The minimum Gasteiger partial charge on any atom is -0.492 e. The van der Waals surface area contributed by atoms with Gasteiger partial charge < -0.3 is 15.4 Å². The summed E-state index contributed by atoms with van der Waals surface area (Å²) in [5, 5.41) is 5.72. The van der Waals surface area contributed by atoms with Crippen LogP contribution in [-0.4, -0.2) is 19.2 Å². The smallest absolute Gasteiger partial charge is 0.319 e. The summed E-state index contributed by atoms with van der Waals surface area (Å²) in [5.74, 6) is 1.19. The first-order valence-corrected chi connectivity index (χ1v) is 8.45. The third kappa shape index (κ3) is 5.30. The van der Waals surface area contributed by atoms with Gasteiger partial charge in [0.15, 0.2) is 0 Å². The summed E-state index contributed by atoms with van der Waals surface area (Å²) in [6, 6.07) is 15.7. The summed E-state index contributed by atoms with van der Waals surface area (Å²) in [6.45, 7) is 7.21. The molecule has 0 aromatic heterocycles. The van der Waals surface area contributed by atoms with Gasteiger partial charge in [0.2, 0.25) is 0 Å². The van der Waals surface area contributed by atoms with Gasteiger partial charge in [-0.1, -0.05) is 51.1 Å². The summed E-state index contributed by atoms with van der Waals surface area (Å²) < 4.78 is 5.67. The van der Waals surface area contributed by atoms with Crippen LogP contribution >= 0.6 is 0 Å². The Balaban J connectivity index is 1.77. The Labute approximate surface area is 144 Å². The van der Waals surface area contributed by atoms with Crippen molar-refractivity contribution in [1.82, 2.24) is 5.32 Å². The molecule has 0 radical (unpaired) electrons. The number of rotatable bonds is 7. The maximum Gasteiger partial charge on any atom is 0.319 e. The van der Waals surface area contributed by atoms with Gasteiger partial charge >= 0.3 is 6.03 Å². The number of benzene rings is 2. The van der Waals surface area contributed by atoms with Gasteiger partial charge in [0.05, 0.1) is 6.54 Å². The predicted octanol–water partition coefficient (Wildman–Crippen LogP) is 4.57. The molecule has 4 nitrogen and oxygen atoms in total. The lowest BCUT2D eigenvalue weighted by atomic mass is 10.0. The Morgan fingerprint density at radius 3 is 2.67 bits per heavy atom. The van der Waals surface area contributed by atoms with Gasteiger partial charge in [-0.25, -0.2) is 4.79 Å². The van der Waals surface area contributed by atoms with Gasteiger partial charge in [-0.05, 0) is 41.7 Å². The molecule has 0 bridgehead atoms. The number of hydrogen-bond acceptors (Lipinski definition) is 2. The molecule has 2 N–H and O–H groups in total. The van der Waals surface area contributed by atoms with Crippen molar-refractivity contribution < 1.29 is 9.53 Å². The number of aryl methyl sites for hydroxylation is 1. The van der Waals surface area contributed by atoms with Gasteiger partial charge in [0, 0.05) is 5.69 Å². The van der Waals surface area contributed by atoms with E-state index in [1.54, 1.807) is 0 Å². The first-order chi connectivity index (χ1) is 11.6. The third-order valence-corrected chi connectivity index (χ3v) is 3.79. The maximum absolute atomic E-state index is 12.0. The van der Waals surface area contributed by atoms with Crippen LogP contribution in [0.15, 0.2) is 48.5 Å². The fraction of sp³-hybridized carbons (Fsp3) is 0.350. The van der Waals surface area contributed by atoms with E-state index in [0.717, 1.165) is 23.4 Å². The fourth-order valence-electron chi connectivity index (χ4n) is 2.47. The molecule has 0 atom stereocenters. The van der Waals surface area contributed by atoms with Gasteiger partial charge in [-0.15, -0.1) is 0 Å². The number of para-hydroxylation sites is 1. The molecular formula is C20H26N2O2. The SMILES string of the molecule is CCc1cccc(OCCNC(=O)Nc2ccccc2C(C)C)c1. The molecule has 0 fully saturated rings. The second kappa shape index (κ2) is 8.96. The highest BCUT2D eigenvalue weighted by molar-refractivity contribution is 5.90. The molecule has 0 saturated heterocycles. The normalized spacial score (nSPS) is 10.5. The van der Waals surface area contributed by atoms with E-state index in [-0.39, 0.29) is 6.03 Å². The van der Waals surface area contributed by atoms with Crippen LogP contribution < -0.4 is 15.4 Å². The van der Waals surface area contributed by atoms with E-state index in [0.29, 0.717) is 19.1 Å². The number of hydrogen-bond donors (Lipinski definition) is 2. The maximum atomic E-state index is 12.0. The Hall–Kier alpha value is -2.49.